The van der Waals surface area contributed by atoms with E-state index in [0.717, 1.165) is 32.2 Å². The van der Waals surface area contributed by atoms with Crippen LogP contribution >= 0.6 is 0 Å². The molecule has 1 heterocycles. The van der Waals surface area contributed by atoms with Gasteiger partial charge in [0, 0.05) is 31.9 Å². The van der Waals surface area contributed by atoms with Crippen molar-refractivity contribution in [3.05, 3.63) is 24.5 Å². The maximum atomic E-state index is 12.0. The summed E-state index contributed by atoms with van der Waals surface area (Å²) in [6, 6.07) is 3.89. The molecule has 0 bridgehead atoms. The number of hydrogen-bond donors (Lipinski definition) is 2. The number of amides is 1. The third kappa shape index (κ3) is 4.11. The Balaban J connectivity index is 1.78. The van der Waals surface area contributed by atoms with Gasteiger partial charge in [0.05, 0.1) is 6.42 Å². The molecule has 1 aromatic heterocycles. The monoisotopic (exact) mass is 278 g/mol. The predicted molar refractivity (Wildman–Crippen MR) is 75.2 cm³/mol. The molecule has 0 aliphatic heterocycles. The normalized spacial score (nSPS) is 17.0. The molecular formula is C15H22N2O3. The summed E-state index contributed by atoms with van der Waals surface area (Å²) in [5.41, 5.74) is -0.316. The zero-order chi connectivity index (χ0) is 14.4. The van der Waals surface area contributed by atoms with Gasteiger partial charge in [-0.1, -0.05) is 12.8 Å². The zero-order valence-corrected chi connectivity index (χ0v) is 11.7. The third-order valence-electron chi connectivity index (χ3n) is 4.08. The van der Waals surface area contributed by atoms with Gasteiger partial charge in [0.25, 0.3) is 0 Å². The van der Waals surface area contributed by atoms with Crippen molar-refractivity contribution < 1.29 is 14.7 Å². The van der Waals surface area contributed by atoms with Crippen molar-refractivity contribution in [3.8, 4) is 0 Å². The summed E-state index contributed by atoms with van der Waals surface area (Å²) in [7, 11) is 0. The number of nitrogens with one attached hydrogen (secondary N) is 1. The molecule has 2 rings (SSSR count). The molecule has 110 valence electrons. The van der Waals surface area contributed by atoms with Gasteiger partial charge < -0.3 is 15.0 Å². The van der Waals surface area contributed by atoms with Gasteiger partial charge in [-0.2, -0.15) is 0 Å². The summed E-state index contributed by atoms with van der Waals surface area (Å²) in [6.07, 6.45) is 8.12. The fourth-order valence-corrected chi connectivity index (χ4v) is 3.11. The van der Waals surface area contributed by atoms with Gasteiger partial charge in [-0.05, 0) is 30.4 Å². The highest BCUT2D eigenvalue weighted by Gasteiger charge is 2.37. The molecule has 0 spiro atoms. The number of nitrogens with zero attached hydrogens (tertiary/aromatic N) is 1. The highest BCUT2D eigenvalue weighted by Crippen LogP contribution is 2.43. The summed E-state index contributed by atoms with van der Waals surface area (Å²) >= 11 is 0. The first-order chi connectivity index (χ1) is 9.60. The van der Waals surface area contributed by atoms with E-state index in [1.807, 2.05) is 29.1 Å². The molecule has 1 aliphatic rings. The largest absolute Gasteiger partial charge is 0.481 e. The summed E-state index contributed by atoms with van der Waals surface area (Å²) < 4.78 is 2.00. The number of carbonyl (C=O) groups is 2. The summed E-state index contributed by atoms with van der Waals surface area (Å²) in [5.74, 6) is -0.827. The molecule has 2 N–H and O–H groups in total. The molecule has 5 heteroatoms. The number of aliphatic carboxylic acids is 1. The summed E-state index contributed by atoms with van der Waals surface area (Å²) in [5, 5.41) is 11.9. The van der Waals surface area contributed by atoms with E-state index in [9.17, 15) is 9.59 Å². The second-order valence-electron chi connectivity index (χ2n) is 5.73. The second-order valence-corrected chi connectivity index (χ2v) is 5.73. The van der Waals surface area contributed by atoms with E-state index in [1.165, 1.54) is 0 Å². The molecule has 20 heavy (non-hydrogen) atoms. The van der Waals surface area contributed by atoms with Crippen molar-refractivity contribution in [1.29, 1.82) is 0 Å². The Kier molecular flexibility index (Phi) is 4.82. The Bertz CT molecular complexity index is 448. The van der Waals surface area contributed by atoms with Gasteiger partial charge in [-0.25, -0.2) is 0 Å². The quantitative estimate of drug-likeness (QED) is 0.801. The predicted octanol–water partition coefficient (Wildman–Crippen LogP) is 2.03. The molecule has 5 nitrogen and oxygen atoms in total. The van der Waals surface area contributed by atoms with Crippen LogP contribution < -0.4 is 5.32 Å². The van der Waals surface area contributed by atoms with Gasteiger partial charge in [-0.3, -0.25) is 9.59 Å². The van der Waals surface area contributed by atoms with E-state index in [1.54, 1.807) is 0 Å². The van der Waals surface area contributed by atoms with E-state index in [2.05, 4.69) is 5.32 Å². The van der Waals surface area contributed by atoms with E-state index < -0.39 is 5.97 Å². The highest BCUT2D eigenvalue weighted by molar-refractivity contribution is 5.78. The first kappa shape index (κ1) is 14.6. The number of rotatable bonds is 7. The van der Waals surface area contributed by atoms with Gasteiger partial charge in [0.15, 0.2) is 0 Å². The lowest BCUT2D eigenvalue weighted by Gasteiger charge is -2.26. The van der Waals surface area contributed by atoms with Crippen molar-refractivity contribution in [2.75, 3.05) is 6.54 Å². The average molecular weight is 278 g/mol. The van der Waals surface area contributed by atoms with Crippen molar-refractivity contribution in [2.24, 2.45) is 5.41 Å². The van der Waals surface area contributed by atoms with Crippen LogP contribution in [0.4, 0.5) is 0 Å². The molecule has 1 amide bonds. The average Bonchev–Trinajstić information content (AvgIpc) is 3.00. The Hall–Kier alpha value is -1.78. The lowest BCUT2D eigenvalue weighted by atomic mass is 9.79. The Labute approximate surface area is 119 Å². The van der Waals surface area contributed by atoms with Crippen LogP contribution in [-0.4, -0.2) is 28.1 Å². The molecule has 0 atom stereocenters. The molecular weight excluding hydrogens is 256 g/mol. The van der Waals surface area contributed by atoms with Crippen LogP contribution in [0.1, 0.15) is 38.5 Å². The number of carboxylic acids is 1. The SMILES string of the molecule is O=C(O)CC1(CC(=O)NCCn2cccc2)CCCC1. The van der Waals surface area contributed by atoms with Crippen LogP contribution in [0.2, 0.25) is 0 Å². The van der Waals surface area contributed by atoms with Gasteiger partial charge in [-0.15, -0.1) is 0 Å². The topological polar surface area (TPSA) is 71.3 Å². The third-order valence-corrected chi connectivity index (χ3v) is 4.08. The fourth-order valence-electron chi connectivity index (χ4n) is 3.11. The van der Waals surface area contributed by atoms with E-state index >= 15 is 0 Å². The molecule has 1 fully saturated rings. The highest BCUT2D eigenvalue weighted by atomic mass is 16.4. The van der Waals surface area contributed by atoms with Gasteiger partial charge in [0.1, 0.15) is 0 Å². The van der Waals surface area contributed by atoms with E-state index in [4.69, 9.17) is 5.11 Å². The molecule has 0 unspecified atom stereocenters. The number of carboxylic acid groups (broad SMARTS) is 1. The minimum atomic E-state index is -0.799. The Morgan fingerprint density at radius 2 is 1.80 bits per heavy atom. The van der Waals surface area contributed by atoms with Crippen molar-refractivity contribution in [3.63, 3.8) is 0 Å². The van der Waals surface area contributed by atoms with Crippen LogP contribution in [0.25, 0.3) is 0 Å². The van der Waals surface area contributed by atoms with Crippen LogP contribution in [0.3, 0.4) is 0 Å². The standard InChI is InChI=1S/C15H22N2O3/c18-13(16-7-10-17-8-3-4-9-17)11-15(12-14(19)20)5-1-2-6-15/h3-4,8-9H,1-2,5-7,10-12H2,(H,16,18)(H,19,20). The van der Waals surface area contributed by atoms with E-state index in [-0.39, 0.29) is 17.7 Å². The van der Waals surface area contributed by atoms with Crippen LogP contribution in [-0.2, 0) is 16.1 Å². The first-order valence-corrected chi connectivity index (χ1v) is 7.19. The maximum absolute atomic E-state index is 12.0. The zero-order valence-electron chi connectivity index (χ0n) is 11.7. The van der Waals surface area contributed by atoms with Crippen LogP contribution in [0.5, 0.6) is 0 Å². The lowest BCUT2D eigenvalue weighted by molar-refractivity contribution is -0.140. The summed E-state index contributed by atoms with van der Waals surface area (Å²) in [6.45, 7) is 1.32. The minimum absolute atomic E-state index is 0.0275. The summed E-state index contributed by atoms with van der Waals surface area (Å²) in [4.78, 5) is 23.0. The van der Waals surface area contributed by atoms with Crippen molar-refractivity contribution in [2.45, 2.75) is 45.1 Å². The number of carbonyl (C=O) groups excluding carboxylic acids is 1. The number of hydrogen-bond acceptors (Lipinski definition) is 2. The molecule has 1 aliphatic carbocycles. The van der Waals surface area contributed by atoms with Gasteiger partial charge in [0.2, 0.25) is 5.91 Å². The smallest absolute Gasteiger partial charge is 0.303 e. The fraction of sp³-hybridized carbons (Fsp3) is 0.600. The maximum Gasteiger partial charge on any atom is 0.303 e. The molecule has 1 saturated carbocycles. The minimum Gasteiger partial charge on any atom is -0.481 e. The van der Waals surface area contributed by atoms with Crippen LogP contribution in [0, 0.1) is 5.41 Å². The number of aromatic nitrogens is 1. The molecule has 0 aromatic carbocycles. The Morgan fingerprint density at radius 3 is 2.40 bits per heavy atom. The lowest BCUT2D eigenvalue weighted by Crippen LogP contribution is -2.33. The second kappa shape index (κ2) is 6.59. The molecule has 0 radical (unpaired) electrons. The first-order valence-electron chi connectivity index (χ1n) is 7.19. The van der Waals surface area contributed by atoms with Crippen LogP contribution in [0.15, 0.2) is 24.5 Å². The van der Waals surface area contributed by atoms with Gasteiger partial charge >= 0.3 is 5.97 Å². The van der Waals surface area contributed by atoms with E-state index in [0.29, 0.717) is 13.0 Å². The Morgan fingerprint density at radius 1 is 1.15 bits per heavy atom. The van der Waals surface area contributed by atoms with Crippen molar-refractivity contribution in [1.82, 2.24) is 9.88 Å². The van der Waals surface area contributed by atoms with Crippen molar-refractivity contribution >= 4 is 11.9 Å². The molecule has 1 aromatic rings. The molecule has 0 saturated heterocycles.